The van der Waals surface area contributed by atoms with Crippen molar-refractivity contribution in [2.45, 2.75) is 6.92 Å². The fourth-order valence-electron chi connectivity index (χ4n) is 1.07. The molecule has 0 aliphatic heterocycles. The molecule has 5 heteroatoms. The van der Waals surface area contributed by atoms with Gasteiger partial charge in [-0.1, -0.05) is 0 Å². The molecule has 0 radical (unpaired) electrons. The van der Waals surface area contributed by atoms with E-state index in [-0.39, 0.29) is 0 Å². The third-order valence-electron chi connectivity index (χ3n) is 1.83. The van der Waals surface area contributed by atoms with Crippen LogP contribution in [0.15, 0.2) is 18.5 Å². The number of pyridine rings is 1. The summed E-state index contributed by atoms with van der Waals surface area (Å²) in [5.41, 5.74) is 8.22. The molecule has 2 rings (SSSR count). The summed E-state index contributed by atoms with van der Waals surface area (Å²) in [5.74, 6) is 0.548. The molecule has 0 amide bonds. The second kappa shape index (κ2) is 2.85. The van der Waals surface area contributed by atoms with Crippen LogP contribution in [0.1, 0.15) is 5.56 Å². The lowest BCUT2D eigenvalue weighted by molar-refractivity contribution is 0.942. The number of hydrogen-bond donors (Lipinski definition) is 2. The average molecular weight is 175 g/mol. The Hall–Kier alpha value is -1.91. The number of nitrogens with one attached hydrogen (secondary N) is 1. The molecule has 3 N–H and O–H groups in total. The van der Waals surface area contributed by atoms with E-state index in [0.717, 1.165) is 16.8 Å². The molecule has 0 aliphatic carbocycles. The highest BCUT2D eigenvalue weighted by molar-refractivity contribution is 5.60. The largest absolute Gasteiger partial charge is 0.383 e. The number of H-pyrrole nitrogens is 1. The highest BCUT2D eigenvalue weighted by atomic mass is 15.3. The summed E-state index contributed by atoms with van der Waals surface area (Å²) in [7, 11) is 0. The number of nitrogens with two attached hydrogens (primary N) is 1. The molecule has 66 valence electrons. The van der Waals surface area contributed by atoms with Gasteiger partial charge in [-0.25, -0.2) is 4.98 Å². The maximum Gasteiger partial charge on any atom is 0.126 e. The molecule has 2 aromatic rings. The van der Waals surface area contributed by atoms with Crippen LogP contribution in [0.25, 0.3) is 11.3 Å². The number of nitrogen functional groups attached to an aromatic ring is 1. The van der Waals surface area contributed by atoms with E-state index < -0.39 is 0 Å². The van der Waals surface area contributed by atoms with Crippen LogP contribution in [0.5, 0.6) is 0 Å². The third-order valence-corrected chi connectivity index (χ3v) is 1.83. The number of aromatic nitrogens is 4. The second-order valence-electron chi connectivity index (χ2n) is 2.78. The van der Waals surface area contributed by atoms with Gasteiger partial charge in [0.2, 0.25) is 0 Å². The van der Waals surface area contributed by atoms with Gasteiger partial charge in [-0.3, -0.25) is 0 Å². The van der Waals surface area contributed by atoms with Gasteiger partial charge in [0.1, 0.15) is 11.5 Å². The lowest BCUT2D eigenvalue weighted by Gasteiger charge is -2.00. The Morgan fingerprint density at radius 3 is 2.85 bits per heavy atom. The highest BCUT2D eigenvalue weighted by Gasteiger charge is 2.02. The zero-order valence-corrected chi connectivity index (χ0v) is 7.15. The van der Waals surface area contributed by atoms with Gasteiger partial charge in [-0.05, 0) is 18.6 Å². The van der Waals surface area contributed by atoms with E-state index in [0.29, 0.717) is 5.82 Å². The standard InChI is InChI=1S/C8H9N5/c1-5-2-6(3-10-8(5)9)7-4-11-13-12-7/h2-4H,1H3,(H2,9,10)(H,11,12,13). The van der Waals surface area contributed by atoms with Crippen LogP contribution in [0.4, 0.5) is 5.82 Å². The predicted octanol–water partition coefficient (Wildman–Crippen LogP) is 0.757. The topological polar surface area (TPSA) is 80.5 Å². The summed E-state index contributed by atoms with van der Waals surface area (Å²) >= 11 is 0. The molecule has 0 spiro atoms. The summed E-state index contributed by atoms with van der Waals surface area (Å²) in [6.45, 7) is 1.91. The number of aryl methyl sites for hydroxylation is 1. The maximum absolute atomic E-state index is 5.59. The predicted molar refractivity (Wildman–Crippen MR) is 48.8 cm³/mol. The minimum Gasteiger partial charge on any atom is -0.383 e. The fourth-order valence-corrected chi connectivity index (χ4v) is 1.07. The molecule has 0 saturated heterocycles. The van der Waals surface area contributed by atoms with E-state index in [4.69, 9.17) is 5.73 Å². The summed E-state index contributed by atoms with van der Waals surface area (Å²) in [6, 6.07) is 1.93. The minimum atomic E-state index is 0.548. The molecule has 0 saturated carbocycles. The van der Waals surface area contributed by atoms with Crippen LogP contribution in [-0.4, -0.2) is 20.4 Å². The number of anilines is 1. The SMILES string of the molecule is Cc1cc(-c2cn[nH]n2)cnc1N. The lowest BCUT2D eigenvalue weighted by Crippen LogP contribution is -1.93. The molecule has 5 nitrogen and oxygen atoms in total. The van der Waals surface area contributed by atoms with E-state index >= 15 is 0 Å². The van der Waals surface area contributed by atoms with Gasteiger partial charge in [-0.15, -0.1) is 0 Å². The number of hydrogen-bond acceptors (Lipinski definition) is 4. The van der Waals surface area contributed by atoms with Crippen LogP contribution < -0.4 is 5.73 Å². The number of nitrogens with zero attached hydrogens (tertiary/aromatic N) is 3. The molecule has 13 heavy (non-hydrogen) atoms. The Morgan fingerprint density at radius 2 is 2.23 bits per heavy atom. The maximum atomic E-state index is 5.59. The first-order valence-corrected chi connectivity index (χ1v) is 3.85. The Kier molecular flexibility index (Phi) is 1.70. The smallest absolute Gasteiger partial charge is 0.126 e. The van der Waals surface area contributed by atoms with Crippen molar-refractivity contribution >= 4 is 5.82 Å². The molecule has 2 aromatic heterocycles. The quantitative estimate of drug-likeness (QED) is 0.670. The van der Waals surface area contributed by atoms with E-state index in [1.54, 1.807) is 12.4 Å². The van der Waals surface area contributed by atoms with Crippen molar-refractivity contribution < 1.29 is 0 Å². The molecule has 0 atom stereocenters. The van der Waals surface area contributed by atoms with Gasteiger partial charge in [0.15, 0.2) is 0 Å². The summed E-state index contributed by atoms with van der Waals surface area (Å²) in [5, 5.41) is 10.2. The van der Waals surface area contributed by atoms with Crippen molar-refractivity contribution in [2.75, 3.05) is 5.73 Å². The van der Waals surface area contributed by atoms with Gasteiger partial charge >= 0.3 is 0 Å². The van der Waals surface area contributed by atoms with Crippen molar-refractivity contribution in [3.63, 3.8) is 0 Å². The second-order valence-corrected chi connectivity index (χ2v) is 2.78. The first-order chi connectivity index (χ1) is 6.27. The van der Waals surface area contributed by atoms with Crippen LogP contribution in [0.3, 0.4) is 0 Å². The summed E-state index contributed by atoms with van der Waals surface area (Å²) in [6.07, 6.45) is 3.33. The van der Waals surface area contributed by atoms with Gasteiger partial charge in [0, 0.05) is 11.8 Å². The summed E-state index contributed by atoms with van der Waals surface area (Å²) < 4.78 is 0. The van der Waals surface area contributed by atoms with E-state index in [9.17, 15) is 0 Å². The summed E-state index contributed by atoms with van der Waals surface area (Å²) in [4.78, 5) is 4.03. The van der Waals surface area contributed by atoms with Crippen molar-refractivity contribution in [1.29, 1.82) is 0 Å². The van der Waals surface area contributed by atoms with Gasteiger partial charge in [0.25, 0.3) is 0 Å². The lowest BCUT2D eigenvalue weighted by atomic mass is 10.1. The minimum absolute atomic E-state index is 0.548. The molecule has 0 bridgehead atoms. The van der Waals surface area contributed by atoms with E-state index in [2.05, 4.69) is 20.4 Å². The van der Waals surface area contributed by atoms with Crippen molar-refractivity contribution in [2.24, 2.45) is 0 Å². The van der Waals surface area contributed by atoms with E-state index in [1.165, 1.54) is 0 Å². The normalized spacial score (nSPS) is 10.2. The van der Waals surface area contributed by atoms with Crippen LogP contribution in [0.2, 0.25) is 0 Å². The first kappa shape index (κ1) is 7.72. The Bertz CT molecular complexity index is 406. The van der Waals surface area contributed by atoms with Crippen LogP contribution in [-0.2, 0) is 0 Å². The third kappa shape index (κ3) is 1.35. The first-order valence-electron chi connectivity index (χ1n) is 3.85. The van der Waals surface area contributed by atoms with Crippen molar-refractivity contribution in [1.82, 2.24) is 20.4 Å². The van der Waals surface area contributed by atoms with Crippen molar-refractivity contribution in [3.8, 4) is 11.3 Å². The molecule has 0 aromatic carbocycles. The van der Waals surface area contributed by atoms with Gasteiger partial charge in [0.05, 0.1) is 6.20 Å². The Balaban J connectivity index is 2.49. The van der Waals surface area contributed by atoms with Crippen LogP contribution >= 0.6 is 0 Å². The molecular formula is C8H9N5. The molecule has 0 aliphatic rings. The molecule has 0 unspecified atom stereocenters. The van der Waals surface area contributed by atoms with Gasteiger partial charge in [-0.2, -0.15) is 15.4 Å². The molecule has 0 fully saturated rings. The highest BCUT2D eigenvalue weighted by Crippen LogP contribution is 2.17. The molecule has 2 heterocycles. The Labute approximate surface area is 75.0 Å². The van der Waals surface area contributed by atoms with Crippen LogP contribution in [0, 0.1) is 6.92 Å². The zero-order valence-electron chi connectivity index (χ0n) is 7.15. The van der Waals surface area contributed by atoms with Gasteiger partial charge < -0.3 is 5.73 Å². The van der Waals surface area contributed by atoms with E-state index in [1.807, 2.05) is 13.0 Å². The Morgan fingerprint density at radius 1 is 1.38 bits per heavy atom. The molecular weight excluding hydrogens is 166 g/mol. The van der Waals surface area contributed by atoms with Crippen molar-refractivity contribution in [3.05, 3.63) is 24.0 Å². The zero-order chi connectivity index (χ0) is 9.26. The monoisotopic (exact) mass is 175 g/mol. The number of aromatic amines is 1. The fraction of sp³-hybridized carbons (Fsp3) is 0.125. The average Bonchev–Trinajstić information content (AvgIpc) is 2.62. The number of rotatable bonds is 1.